The number of Topliss-reactive ketones (excluding diaryl/α,β-unsaturated/α-hetero) is 1. The Morgan fingerprint density at radius 1 is 1.27 bits per heavy atom. The first-order valence-electron chi connectivity index (χ1n) is 3.56. The lowest BCUT2D eigenvalue weighted by Gasteiger charge is -2.01. The number of nitrogens with zero attached hydrogens (tertiary/aromatic N) is 1. The van der Waals surface area contributed by atoms with E-state index >= 15 is 0 Å². The number of carbonyl (C=O) groups is 1. The maximum Gasteiger partial charge on any atom is 0.155 e. The lowest BCUT2D eigenvalue weighted by Crippen LogP contribution is -1.99. The topological polar surface area (TPSA) is 20.3 Å². The van der Waals surface area contributed by atoms with Gasteiger partial charge in [0.05, 0.1) is 0 Å². The van der Waals surface area contributed by atoms with Crippen LogP contribution in [0.1, 0.15) is 13.8 Å². The highest BCUT2D eigenvalue weighted by molar-refractivity contribution is 5.92. The molecule has 0 aliphatic rings. The minimum Gasteiger partial charge on any atom is -0.383 e. The molecular weight excluding hydrogens is 138 g/mol. The fraction of sp³-hybridized carbons (Fsp3) is 0.444. The second-order valence-corrected chi connectivity index (χ2v) is 2.71. The van der Waals surface area contributed by atoms with E-state index in [9.17, 15) is 4.79 Å². The molecule has 0 N–H and O–H groups in total. The summed E-state index contributed by atoms with van der Waals surface area (Å²) in [6.07, 6.45) is 5.56. The van der Waals surface area contributed by atoms with Gasteiger partial charge < -0.3 is 4.90 Å². The van der Waals surface area contributed by atoms with Gasteiger partial charge in [-0.25, -0.2) is 0 Å². The molecule has 0 saturated heterocycles. The van der Waals surface area contributed by atoms with Gasteiger partial charge in [0.25, 0.3) is 0 Å². The highest BCUT2D eigenvalue weighted by Gasteiger charge is 1.91. The molecule has 0 aliphatic heterocycles. The molecule has 11 heavy (non-hydrogen) atoms. The van der Waals surface area contributed by atoms with Crippen molar-refractivity contribution in [2.24, 2.45) is 0 Å². The van der Waals surface area contributed by atoms with Crippen LogP contribution in [0.3, 0.4) is 0 Å². The van der Waals surface area contributed by atoms with Crippen molar-refractivity contribution in [2.75, 3.05) is 14.1 Å². The largest absolute Gasteiger partial charge is 0.383 e. The van der Waals surface area contributed by atoms with E-state index in [0.29, 0.717) is 0 Å². The Kier molecular flexibility index (Phi) is 4.27. The number of hydrogen-bond donors (Lipinski definition) is 0. The lowest BCUT2D eigenvalue weighted by molar-refractivity contribution is -0.113. The van der Waals surface area contributed by atoms with Crippen molar-refractivity contribution in [1.29, 1.82) is 0 Å². The molecule has 0 radical (unpaired) electrons. The molecule has 0 amide bonds. The lowest BCUT2D eigenvalue weighted by atomic mass is 10.2. The average Bonchev–Trinajstić information content (AvgIpc) is 1.86. The van der Waals surface area contributed by atoms with Crippen LogP contribution in [-0.2, 0) is 4.79 Å². The molecule has 0 aliphatic carbocycles. The van der Waals surface area contributed by atoms with Crippen LogP contribution >= 0.6 is 0 Å². The number of hydrogen-bond acceptors (Lipinski definition) is 2. The summed E-state index contributed by atoms with van der Waals surface area (Å²) < 4.78 is 0. The van der Waals surface area contributed by atoms with Gasteiger partial charge in [0.1, 0.15) is 0 Å². The molecule has 0 heterocycles. The van der Waals surface area contributed by atoms with Crippen molar-refractivity contribution < 1.29 is 4.79 Å². The predicted molar refractivity (Wildman–Crippen MR) is 47.3 cm³/mol. The third-order valence-corrected chi connectivity index (χ3v) is 1.29. The van der Waals surface area contributed by atoms with Crippen molar-refractivity contribution in [2.45, 2.75) is 13.8 Å². The molecule has 0 bridgehead atoms. The van der Waals surface area contributed by atoms with Crippen LogP contribution in [0.4, 0.5) is 0 Å². The van der Waals surface area contributed by atoms with E-state index < -0.39 is 0 Å². The van der Waals surface area contributed by atoms with Crippen LogP contribution in [0.2, 0.25) is 0 Å². The van der Waals surface area contributed by atoms with Crippen molar-refractivity contribution in [3.05, 3.63) is 23.9 Å². The predicted octanol–water partition coefficient (Wildman–Crippen LogP) is 1.60. The Morgan fingerprint density at radius 2 is 1.82 bits per heavy atom. The molecule has 0 atom stereocenters. The molecule has 2 nitrogen and oxygen atoms in total. The van der Waals surface area contributed by atoms with Crippen molar-refractivity contribution in [3.63, 3.8) is 0 Å². The van der Waals surface area contributed by atoms with Gasteiger partial charge in [0, 0.05) is 14.1 Å². The van der Waals surface area contributed by atoms with Gasteiger partial charge in [0.15, 0.2) is 5.78 Å². The molecular formula is C9H15NO. The summed E-state index contributed by atoms with van der Waals surface area (Å²) in [7, 11) is 3.88. The third kappa shape index (κ3) is 5.40. The van der Waals surface area contributed by atoms with Gasteiger partial charge in [-0.05, 0) is 31.7 Å². The van der Waals surface area contributed by atoms with E-state index in [-0.39, 0.29) is 5.78 Å². The maximum absolute atomic E-state index is 10.7. The zero-order valence-electron chi connectivity index (χ0n) is 7.59. The Hall–Kier alpha value is -1.05. The molecule has 62 valence electrons. The molecule has 0 saturated carbocycles. The molecule has 0 fully saturated rings. The first kappa shape index (κ1) is 9.95. The third-order valence-electron chi connectivity index (χ3n) is 1.29. The summed E-state index contributed by atoms with van der Waals surface area (Å²) in [5, 5.41) is 0. The van der Waals surface area contributed by atoms with Crippen LogP contribution in [-0.4, -0.2) is 24.8 Å². The number of rotatable bonds is 3. The van der Waals surface area contributed by atoms with Crippen LogP contribution in [0.5, 0.6) is 0 Å². The summed E-state index contributed by atoms with van der Waals surface area (Å²) in [5.41, 5.74) is 0.781. The fourth-order valence-electron chi connectivity index (χ4n) is 0.477. The zero-order valence-corrected chi connectivity index (χ0v) is 7.59. The van der Waals surface area contributed by atoms with Gasteiger partial charge in [-0.3, -0.25) is 4.79 Å². The van der Waals surface area contributed by atoms with E-state index in [4.69, 9.17) is 0 Å². The molecule has 0 spiro atoms. The Morgan fingerprint density at radius 3 is 2.18 bits per heavy atom. The van der Waals surface area contributed by atoms with Crippen LogP contribution < -0.4 is 0 Å². The monoisotopic (exact) mass is 153 g/mol. The summed E-state index contributed by atoms with van der Waals surface area (Å²) in [6.45, 7) is 3.37. The second kappa shape index (κ2) is 4.72. The van der Waals surface area contributed by atoms with Crippen molar-refractivity contribution >= 4 is 5.78 Å². The van der Waals surface area contributed by atoms with Crippen LogP contribution in [0.25, 0.3) is 0 Å². The van der Waals surface area contributed by atoms with Gasteiger partial charge in [-0.2, -0.15) is 0 Å². The molecule has 0 unspecified atom stereocenters. The van der Waals surface area contributed by atoms with Gasteiger partial charge in [-0.15, -0.1) is 0 Å². The fourth-order valence-corrected chi connectivity index (χ4v) is 0.477. The number of allylic oxidation sites excluding steroid dienone is 3. The Labute approximate surface area is 68.2 Å². The smallest absolute Gasteiger partial charge is 0.155 e. The highest BCUT2D eigenvalue weighted by Crippen LogP contribution is 1.93. The minimum absolute atomic E-state index is 0.119. The molecule has 0 rings (SSSR count). The number of ketones is 1. The van der Waals surface area contributed by atoms with E-state index in [0.717, 1.165) is 5.57 Å². The van der Waals surface area contributed by atoms with E-state index in [1.165, 1.54) is 0 Å². The molecule has 0 aromatic carbocycles. The molecule has 2 heteroatoms. The normalized spacial score (nSPS) is 12.2. The number of carbonyl (C=O) groups excluding carboxylic acids is 1. The van der Waals surface area contributed by atoms with Gasteiger partial charge in [0.2, 0.25) is 0 Å². The first-order chi connectivity index (χ1) is 5.04. The van der Waals surface area contributed by atoms with Crippen molar-refractivity contribution in [3.8, 4) is 0 Å². The summed E-state index contributed by atoms with van der Waals surface area (Å²) in [4.78, 5) is 12.6. The second-order valence-electron chi connectivity index (χ2n) is 2.71. The molecule has 0 aromatic heterocycles. The maximum atomic E-state index is 10.7. The van der Waals surface area contributed by atoms with E-state index in [2.05, 4.69) is 0 Å². The zero-order chi connectivity index (χ0) is 8.85. The van der Waals surface area contributed by atoms with Gasteiger partial charge in [-0.1, -0.05) is 6.08 Å². The summed E-state index contributed by atoms with van der Waals surface area (Å²) >= 11 is 0. The van der Waals surface area contributed by atoms with E-state index in [1.807, 2.05) is 44.3 Å². The first-order valence-corrected chi connectivity index (χ1v) is 3.56. The van der Waals surface area contributed by atoms with Crippen LogP contribution in [0, 0.1) is 0 Å². The van der Waals surface area contributed by atoms with Crippen molar-refractivity contribution in [1.82, 2.24) is 4.90 Å². The Bertz CT molecular complexity index is 190. The molecule has 0 aromatic rings. The van der Waals surface area contributed by atoms with E-state index in [1.54, 1.807) is 6.92 Å². The quantitative estimate of drug-likeness (QED) is 0.453. The summed E-state index contributed by atoms with van der Waals surface area (Å²) in [5.74, 6) is 0.119. The standard InChI is InChI=1S/C9H15NO/c1-8(9(2)11)6-5-7-10(3)4/h5-7H,1-4H3/b7-5+,8-6+. The minimum atomic E-state index is 0.119. The average molecular weight is 153 g/mol. The van der Waals surface area contributed by atoms with Crippen LogP contribution in [0.15, 0.2) is 23.9 Å². The van der Waals surface area contributed by atoms with Gasteiger partial charge >= 0.3 is 0 Å². The SMILES string of the molecule is CC(=O)/C(C)=C/C=C/N(C)C. The highest BCUT2D eigenvalue weighted by atomic mass is 16.1. The summed E-state index contributed by atoms with van der Waals surface area (Å²) in [6, 6.07) is 0. The Balaban J connectivity index is 4.02.